The molecule has 3 nitrogen and oxygen atoms in total. The third-order valence-electron chi connectivity index (χ3n) is 6.13. The molecule has 3 aromatic carbocycles. The van der Waals surface area contributed by atoms with Gasteiger partial charge in [0.1, 0.15) is 0 Å². The Morgan fingerprint density at radius 3 is 2.03 bits per heavy atom. The molecule has 0 aromatic heterocycles. The monoisotopic (exact) mass is 509 g/mol. The molecular formula is C25H16InNO2S. The summed E-state index contributed by atoms with van der Waals surface area (Å²) >= 11 is -1.66. The van der Waals surface area contributed by atoms with Crippen molar-refractivity contribution in [2.45, 2.75) is 5.92 Å². The molecule has 1 saturated heterocycles. The maximum absolute atomic E-state index is 12.6. The molecule has 2 amide bonds. The number of hydrogen-bond donors (Lipinski definition) is 1. The van der Waals surface area contributed by atoms with Crippen LogP contribution in [0.15, 0.2) is 87.1 Å². The molecule has 0 spiro atoms. The molecule has 142 valence electrons. The van der Waals surface area contributed by atoms with Crippen LogP contribution >= 0.6 is 11.8 Å². The van der Waals surface area contributed by atoms with Crippen LogP contribution in [0.2, 0.25) is 0 Å². The molecule has 0 radical (unpaired) electrons. The minimum atomic E-state index is -2.74. The molecule has 0 atom stereocenters. The molecule has 1 N–H and O–H groups in total. The van der Waals surface area contributed by atoms with Crippen molar-refractivity contribution in [2.24, 2.45) is 0 Å². The van der Waals surface area contributed by atoms with Crippen LogP contribution in [0, 0.1) is 0 Å². The Hall–Kier alpha value is -2.50. The van der Waals surface area contributed by atoms with Gasteiger partial charge < -0.3 is 0 Å². The van der Waals surface area contributed by atoms with E-state index in [9.17, 15) is 9.59 Å². The number of rotatable bonds is 3. The van der Waals surface area contributed by atoms with Gasteiger partial charge in [-0.2, -0.15) is 0 Å². The van der Waals surface area contributed by atoms with Gasteiger partial charge in [-0.15, -0.1) is 0 Å². The zero-order valence-corrected chi connectivity index (χ0v) is 20.1. The second-order valence-electron chi connectivity index (χ2n) is 7.73. The van der Waals surface area contributed by atoms with Gasteiger partial charge in [-0.3, -0.25) is 0 Å². The Labute approximate surface area is 186 Å². The van der Waals surface area contributed by atoms with Gasteiger partial charge in [-0.1, -0.05) is 0 Å². The standard InChI is InChI=1S/C25H16NO2S.In/c27-24-23(29-25(28)26-24)17-21-14-8-7-9-18(21)15-16-22(19-10-3-1-4-11-19)20-12-5-2-6-13-20;/h1-8,10-15,22H,(H,26,27,28);. The Balaban J connectivity index is 1.57. The molecule has 0 saturated carbocycles. The normalized spacial score (nSPS) is 19.0. The third-order valence-corrected chi connectivity index (χ3v) is 17.5. The summed E-state index contributed by atoms with van der Waals surface area (Å²) in [6, 6.07) is 27.7. The number of carbonyl (C=O) groups excluding carboxylic acids is 2. The summed E-state index contributed by atoms with van der Waals surface area (Å²) < 4.78 is 4.10. The van der Waals surface area contributed by atoms with Crippen LogP contribution in [0.3, 0.4) is 0 Å². The Bertz CT molecular complexity index is 1240. The van der Waals surface area contributed by atoms with Crippen molar-refractivity contribution >= 4 is 57.1 Å². The van der Waals surface area contributed by atoms with E-state index in [0.717, 1.165) is 11.8 Å². The van der Waals surface area contributed by atoms with Gasteiger partial charge in [0.2, 0.25) is 0 Å². The summed E-state index contributed by atoms with van der Waals surface area (Å²) in [6.45, 7) is 0. The van der Waals surface area contributed by atoms with E-state index in [1.807, 2.05) is 12.1 Å². The van der Waals surface area contributed by atoms with Gasteiger partial charge in [0, 0.05) is 0 Å². The van der Waals surface area contributed by atoms with E-state index in [4.69, 9.17) is 0 Å². The van der Waals surface area contributed by atoms with Gasteiger partial charge in [-0.25, -0.2) is 0 Å². The summed E-state index contributed by atoms with van der Waals surface area (Å²) in [4.78, 5) is 25.2. The zero-order chi connectivity index (χ0) is 20.2. The fourth-order valence-electron chi connectivity index (χ4n) is 5.00. The van der Waals surface area contributed by atoms with Crippen LogP contribution in [-0.2, 0) is 4.79 Å². The Kier molecular flexibility index (Phi) is 4.29. The van der Waals surface area contributed by atoms with Crippen LogP contribution in [0.4, 0.5) is 4.79 Å². The summed E-state index contributed by atoms with van der Waals surface area (Å²) in [7, 11) is 0. The van der Waals surface area contributed by atoms with E-state index in [2.05, 4.69) is 78.1 Å². The predicted molar refractivity (Wildman–Crippen MR) is 123 cm³/mol. The van der Waals surface area contributed by atoms with Crippen molar-refractivity contribution in [3.05, 3.63) is 109 Å². The quantitative estimate of drug-likeness (QED) is 0.533. The molecule has 3 aromatic rings. The van der Waals surface area contributed by atoms with E-state index in [-0.39, 0.29) is 17.1 Å². The average molecular weight is 509 g/mol. The predicted octanol–water partition coefficient (Wildman–Crippen LogP) is 4.40. The zero-order valence-electron chi connectivity index (χ0n) is 16.0. The first-order valence-corrected chi connectivity index (χ1v) is 15.7. The number of carbonyl (C=O) groups is 2. The van der Waals surface area contributed by atoms with Gasteiger partial charge in [0.25, 0.3) is 0 Å². The maximum atomic E-state index is 12.6. The molecule has 3 aliphatic rings. The first-order valence-electron chi connectivity index (χ1n) is 9.94. The molecule has 30 heavy (non-hydrogen) atoms. The van der Waals surface area contributed by atoms with E-state index < -0.39 is 21.4 Å². The van der Waals surface area contributed by atoms with Crippen molar-refractivity contribution in [2.75, 3.05) is 0 Å². The topological polar surface area (TPSA) is 46.2 Å². The van der Waals surface area contributed by atoms with Gasteiger partial charge in [-0.05, 0) is 0 Å². The molecule has 3 heterocycles. The van der Waals surface area contributed by atoms with Crippen LogP contribution in [0.1, 0.15) is 28.2 Å². The fraction of sp³-hybridized carbons (Fsp3) is 0.0400. The van der Waals surface area contributed by atoms with E-state index in [0.29, 0.717) is 4.91 Å². The third kappa shape index (κ3) is 2.69. The molecule has 4 bridgehead atoms. The van der Waals surface area contributed by atoms with E-state index >= 15 is 0 Å². The number of benzene rings is 3. The molecular weight excluding hydrogens is 493 g/mol. The second-order valence-corrected chi connectivity index (χ2v) is 16.5. The fourth-order valence-corrected chi connectivity index (χ4v) is 18.0. The summed E-state index contributed by atoms with van der Waals surface area (Å²) in [5.41, 5.74) is 5.00. The Morgan fingerprint density at radius 2 is 1.47 bits per heavy atom. The number of nitrogens with one attached hydrogen (secondary N) is 1. The summed E-state index contributed by atoms with van der Waals surface area (Å²) in [6.07, 6.45) is 2.39. The van der Waals surface area contributed by atoms with Gasteiger partial charge >= 0.3 is 187 Å². The number of thioether (sulfide) groups is 1. The number of hydrogen-bond acceptors (Lipinski definition) is 3. The van der Waals surface area contributed by atoms with Crippen LogP contribution in [0.5, 0.6) is 0 Å². The average Bonchev–Trinajstić information content (AvgIpc) is 3.35. The first-order chi connectivity index (χ1) is 14.7. The molecule has 3 aliphatic heterocycles. The summed E-state index contributed by atoms with van der Waals surface area (Å²) in [5, 5.41) is 2.20. The number of imide groups is 1. The van der Waals surface area contributed by atoms with Gasteiger partial charge in [0.15, 0.2) is 0 Å². The van der Waals surface area contributed by atoms with Gasteiger partial charge in [0.05, 0.1) is 0 Å². The van der Waals surface area contributed by atoms with Crippen LogP contribution in [0.25, 0.3) is 9.41 Å². The van der Waals surface area contributed by atoms with Crippen molar-refractivity contribution in [3.63, 3.8) is 0 Å². The van der Waals surface area contributed by atoms with E-state index in [1.54, 1.807) is 0 Å². The molecule has 0 aliphatic carbocycles. The first kappa shape index (κ1) is 18.3. The molecule has 6 rings (SSSR count). The molecule has 5 heteroatoms. The van der Waals surface area contributed by atoms with Crippen molar-refractivity contribution in [1.82, 2.24) is 5.32 Å². The second kappa shape index (κ2) is 7.03. The van der Waals surface area contributed by atoms with Crippen molar-refractivity contribution in [3.8, 4) is 0 Å². The number of allylic oxidation sites excluding steroid dienone is 1. The van der Waals surface area contributed by atoms with Crippen molar-refractivity contribution in [1.29, 1.82) is 0 Å². The van der Waals surface area contributed by atoms with Crippen LogP contribution < -0.4 is 8.64 Å². The molecule has 1 fully saturated rings. The SMILES string of the molecule is O=C1NC(=O)/C(=[C]2\c3ccc[c]4c3C=[C](C(c3ccccc3)c3ccccc3)[In]24)S1. The van der Waals surface area contributed by atoms with E-state index in [1.165, 1.54) is 32.2 Å². The summed E-state index contributed by atoms with van der Waals surface area (Å²) in [5.74, 6) is -0.0539. The van der Waals surface area contributed by atoms with Crippen LogP contribution in [-0.4, -0.2) is 32.6 Å². The van der Waals surface area contributed by atoms with Crippen molar-refractivity contribution < 1.29 is 9.59 Å². The molecule has 0 unspecified atom stereocenters. The number of amides is 2. The Morgan fingerprint density at radius 1 is 0.800 bits per heavy atom. The minimum absolute atomic E-state index is 0.175.